The molecule has 104 heavy (non-hydrogen) atoms. The number of anilines is 2. The first kappa shape index (κ1) is 73.0. The summed E-state index contributed by atoms with van der Waals surface area (Å²) < 4.78 is 43.1. The summed E-state index contributed by atoms with van der Waals surface area (Å²) in [5, 5.41) is 81.6. The van der Waals surface area contributed by atoms with Gasteiger partial charge in [0, 0.05) is 61.3 Å². The van der Waals surface area contributed by atoms with Crippen LogP contribution in [0, 0.1) is 27.7 Å². The molecule has 0 unspecified atom stereocenters. The topological polar surface area (TPSA) is 473 Å². The molecule has 0 aliphatic rings. The van der Waals surface area contributed by atoms with Gasteiger partial charge in [-0.15, -0.1) is 40.9 Å². The summed E-state index contributed by atoms with van der Waals surface area (Å²) >= 11 is 16.4. The van der Waals surface area contributed by atoms with Gasteiger partial charge in [0.15, 0.2) is 42.6 Å². The fourth-order valence-corrected chi connectivity index (χ4v) is 12.5. The van der Waals surface area contributed by atoms with Gasteiger partial charge in [-0.2, -0.15) is 17.5 Å². The first-order valence-electron chi connectivity index (χ1n) is 29.8. The van der Waals surface area contributed by atoms with Crippen LogP contribution in [0.1, 0.15) is 54.4 Å². The predicted molar refractivity (Wildman–Crippen MR) is 396 cm³/mol. The zero-order chi connectivity index (χ0) is 74.1. The first-order valence-corrected chi connectivity index (χ1v) is 35.5. The smallest absolute Gasteiger partial charge is 0.257 e. The predicted octanol–water partition coefficient (Wildman–Crippen LogP) is 15.9. The largest absolute Gasteiger partial charge is 0.507 e. The van der Waals surface area contributed by atoms with Gasteiger partial charge in [-0.25, -0.2) is 48.3 Å². The number of phenolic OH excluding ortho intramolecular Hbond substituents is 3. The van der Waals surface area contributed by atoms with E-state index in [0.717, 1.165) is 40.1 Å². The molecule has 0 aliphatic carbocycles. The monoisotopic (exact) mass is 1530 g/mol. The van der Waals surface area contributed by atoms with Gasteiger partial charge in [-0.1, -0.05) is 53.5 Å². The van der Waals surface area contributed by atoms with Crippen molar-refractivity contribution in [3.63, 3.8) is 0 Å². The van der Waals surface area contributed by atoms with Crippen LogP contribution in [0.15, 0.2) is 169 Å². The van der Waals surface area contributed by atoms with Crippen molar-refractivity contribution in [2.75, 3.05) is 30.4 Å². The Morgan fingerprint density at radius 1 is 0.490 bits per heavy atom. The third-order valence-electron chi connectivity index (χ3n) is 13.9. The van der Waals surface area contributed by atoms with E-state index in [0.29, 0.717) is 105 Å². The number of rotatable bonds is 14. The lowest BCUT2D eigenvalue weighted by molar-refractivity contribution is 0.0824. The molecule has 6 aromatic carbocycles. The molecule has 33 nitrogen and oxygen atoms in total. The summed E-state index contributed by atoms with van der Waals surface area (Å²) in [6.07, 6.45) is 7.57. The van der Waals surface area contributed by atoms with Crippen LogP contribution < -0.4 is 15.8 Å². The number of nitrogens with two attached hydrogens (primary N) is 1. The van der Waals surface area contributed by atoms with E-state index in [1.165, 1.54) is 76.5 Å². The molecule has 0 aliphatic heterocycles. The van der Waals surface area contributed by atoms with Gasteiger partial charge in [0.2, 0.25) is 10.0 Å². The van der Waals surface area contributed by atoms with Crippen LogP contribution in [0.5, 0.6) is 23.0 Å². The Hall–Kier alpha value is -12.2. The van der Waals surface area contributed by atoms with Crippen molar-refractivity contribution in [2.24, 2.45) is 46.6 Å². The Bertz CT molecular complexity index is 5920. The highest BCUT2D eigenvalue weighted by atomic mass is 35.5. The summed E-state index contributed by atoms with van der Waals surface area (Å²) in [5.74, 6) is 0.332. The molecule has 14 rings (SSSR count). The number of primary amides is 1. The average molecular weight is 1530 g/mol. The van der Waals surface area contributed by atoms with E-state index in [1.54, 1.807) is 115 Å². The minimum absolute atomic E-state index is 0.00563. The number of nitrogens with zero attached hydrogens (tertiary/aromatic N) is 21. The molecule has 0 radical (unpaired) electrons. The molecule has 40 heteroatoms. The van der Waals surface area contributed by atoms with Crippen molar-refractivity contribution in [1.82, 2.24) is 62.3 Å². The SMILES string of the molecule is Cc1ncc2c(N=Nc3cc(C(=O)N(C)C)c(O)c4cccc(NS(C)(=O)=O)c34)snc2n1.Cc1ncc2c(N=Nc3cc(Cl)c(O)cc3Cl)snc2n1.Cc1ncc2c(N=Nc3ccc(O)c(C(N)=O)c3)snc2n1.Cc1ncc2c(N=Nc3ccc(O)c(NC(=O)c4ccccc4)c3)snc2n1. The lowest BCUT2D eigenvalue weighted by Gasteiger charge is -2.16. The number of phenols is 4. The van der Waals surface area contributed by atoms with Crippen LogP contribution in [-0.4, -0.2) is 129 Å². The number of aromatic hydroxyl groups is 4. The van der Waals surface area contributed by atoms with Crippen LogP contribution in [0.2, 0.25) is 10.0 Å². The Labute approximate surface area is 613 Å². The quantitative estimate of drug-likeness (QED) is 0.0393. The number of sulfonamides is 1. The van der Waals surface area contributed by atoms with E-state index in [1.807, 2.05) is 6.07 Å². The number of azo groups is 4. The fraction of sp³-hybridized carbons (Fsp3) is 0.109. The summed E-state index contributed by atoms with van der Waals surface area (Å²) in [5.41, 5.74) is 9.70. The second kappa shape index (κ2) is 31.8. The number of carbonyl (C=O) groups is 3. The molecule has 524 valence electrons. The van der Waals surface area contributed by atoms with Gasteiger partial charge >= 0.3 is 0 Å². The fourth-order valence-electron chi connectivity index (χ4n) is 9.02. The van der Waals surface area contributed by atoms with Crippen molar-refractivity contribution in [3.8, 4) is 23.0 Å². The zero-order valence-corrected chi connectivity index (χ0v) is 60.3. The van der Waals surface area contributed by atoms with Crippen molar-refractivity contribution >= 4 is 206 Å². The summed E-state index contributed by atoms with van der Waals surface area (Å²) in [7, 11) is -0.521. The second-order valence-electron chi connectivity index (χ2n) is 21.8. The number of hydrogen-bond acceptors (Lipinski definition) is 33. The van der Waals surface area contributed by atoms with Gasteiger partial charge in [0.05, 0.1) is 77.4 Å². The highest BCUT2D eigenvalue weighted by Crippen LogP contribution is 2.44. The first-order chi connectivity index (χ1) is 49.7. The molecule has 8 aromatic heterocycles. The molecule has 8 heterocycles. The van der Waals surface area contributed by atoms with Crippen LogP contribution in [0.4, 0.5) is 54.1 Å². The maximum Gasteiger partial charge on any atom is 0.257 e. The van der Waals surface area contributed by atoms with Gasteiger partial charge in [-0.05, 0) is 141 Å². The van der Waals surface area contributed by atoms with E-state index >= 15 is 0 Å². The molecule has 0 saturated heterocycles. The molecular weight excluding hydrogens is 1480 g/mol. The molecule has 0 spiro atoms. The van der Waals surface area contributed by atoms with E-state index in [4.69, 9.17) is 28.9 Å². The van der Waals surface area contributed by atoms with Crippen molar-refractivity contribution in [3.05, 3.63) is 178 Å². The summed E-state index contributed by atoms with van der Waals surface area (Å²) in [6.45, 7) is 7.11. The van der Waals surface area contributed by atoms with Gasteiger partial charge in [0.1, 0.15) is 52.0 Å². The number of fused-ring (bicyclic) bond motifs is 5. The van der Waals surface area contributed by atoms with Crippen molar-refractivity contribution in [2.45, 2.75) is 27.7 Å². The number of carbonyl (C=O) groups excluding carboxylic acids is 3. The van der Waals surface area contributed by atoms with Crippen LogP contribution >= 0.6 is 69.3 Å². The van der Waals surface area contributed by atoms with Crippen LogP contribution in [0.3, 0.4) is 0 Å². The maximum absolute atomic E-state index is 12.7. The molecule has 0 bridgehead atoms. The number of benzene rings is 6. The zero-order valence-electron chi connectivity index (χ0n) is 54.7. The van der Waals surface area contributed by atoms with E-state index in [9.17, 15) is 43.2 Å². The highest BCUT2D eigenvalue weighted by Gasteiger charge is 2.23. The number of aromatic nitrogens is 12. The summed E-state index contributed by atoms with van der Waals surface area (Å²) in [4.78, 5) is 70.9. The molecular formula is C64H50Cl2N24O9S5. The number of hydrogen-bond donors (Lipinski definition) is 7. The van der Waals surface area contributed by atoms with E-state index < -0.39 is 21.8 Å². The molecule has 8 N–H and O–H groups in total. The van der Waals surface area contributed by atoms with E-state index in [-0.39, 0.29) is 72.5 Å². The Morgan fingerprint density at radius 2 is 0.952 bits per heavy atom. The van der Waals surface area contributed by atoms with Gasteiger partial charge < -0.3 is 36.4 Å². The molecule has 14 aromatic rings. The third kappa shape index (κ3) is 17.6. The standard InChI is InChI=1S/C20H19N7O4S2.C19H14N6O2S.C13H10N6O2S.C12H7Cl2N5OS/c1-10-21-9-13-18(22-10)25-32-19(13)24-23-15-8-12(20(29)27(2)3)17(28)11-6-5-7-14(16(11)15)26-33(4,30)31;1-11-20-10-14-17(21-11)25-28-19(14)24-23-13-7-8-16(26)15(9-13)22-18(27)12-5-3-2-4-6-12;1-6-15-5-9-12(16-6)19-22-13(9)18-17-7-2-3-10(20)8(4-7)11(14)21;1-5-15-4-6-11(16-5)19-21-12(6)18-17-9-2-8(14)10(20)3-7(9)13/h5-9,26,28H,1-4H3;2-10,26H,1H3,(H,22,27);2-5,20H,1H3,(H2,14,21);2-4,20H,1H3. The Morgan fingerprint density at radius 3 is 1.42 bits per heavy atom. The van der Waals surface area contributed by atoms with Crippen LogP contribution in [-0.2, 0) is 10.0 Å². The average Bonchev–Trinajstić information content (AvgIpc) is 1.64. The molecule has 0 fully saturated rings. The van der Waals surface area contributed by atoms with Crippen LogP contribution in [0.25, 0.3) is 54.9 Å². The minimum atomic E-state index is -3.63. The second-order valence-corrected chi connectivity index (χ2v) is 27.4. The number of aryl methyl sites for hydroxylation is 4. The molecule has 0 saturated carbocycles. The lowest BCUT2D eigenvalue weighted by Crippen LogP contribution is -2.21. The Balaban J connectivity index is 0.000000141. The van der Waals surface area contributed by atoms with E-state index in [2.05, 4.69) is 108 Å². The third-order valence-corrected chi connectivity index (χ3v) is 18.1. The molecule has 3 amide bonds. The number of nitrogens with one attached hydrogen (secondary N) is 2. The maximum atomic E-state index is 12.7. The van der Waals surface area contributed by atoms with Gasteiger partial charge in [0.25, 0.3) is 17.7 Å². The van der Waals surface area contributed by atoms with Crippen molar-refractivity contribution in [1.29, 1.82) is 0 Å². The normalized spacial score (nSPS) is 11.5. The summed E-state index contributed by atoms with van der Waals surface area (Å²) in [6, 6.07) is 26.4. The number of halogens is 2. The Kier molecular flexibility index (Phi) is 22.3. The minimum Gasteiger partial charge on any atom is -0.507 e. The highest BCUT2D eigenvalue weighted by molar-refractivity contribution is 7.92. The van der Waals surface area contributed by atoms with Crippen molar-refractivity contribution < 1.29 is 43.2 Å². The number of amides is 3. The lowest BCUT2D eigenvalue weighted by atomic mass is 10.0. The molecule has 0 atom stereocenters. The van der Waals surface area contributed by atoms with Gasteiger partial charge in [-0.3, -0.25) is 19.1 Å².